The van der Waals surface area contributed by atoms with E-state index in [1.165, 1.54) is 6.21 Å². The maximum Gasteiger partial charge on any atom is 0.279 e. The number of nitrogens with zero attached hydrogens (tertiary/aromatic N) is 3. The van der Waals surface area contributed by atoms with Gasteiger partial charge in [0.15, 0.2) is 0 Å². The summed E-state index contributed by atoms with van der Waals surface area (Å²) >= 11 is 0. The number of rotatable bonds is 0. The minimum Gasteiger partial charge on any atom is -0.267 e. The first-order valence-electron chi connectivity index (χ1n) is 5.59. The first-order chi connectivity index (χ1) is 8.84. The fourth-order valence-electron chi connectivity index (χ4n) is 2.37. The second kappa shape index (κ2) is 3.20. The van der Waals surface area contributed by atoms with E-state index in [-0.39, 0.29) is 5.91 Å². The van der Waals surface area contributed by atoms with Crippen LogP contribution in [0.4, 0.5) is 0 Å². The van der Waals surface area contributed by atoms with E-state index in [0.29, 0.717) is 11.3 Å². The Bertz CT molecular complexity index is 891. The molecule has 0 unspecified atom stereocenters. The van der Waals surface area contributed by atoms with E-state index in [1.807, 2.05) is 18.2 Å². The quantitative estimate of drug-likeness (QED) is 0.666. The first-order valence-corrected chi connectivity index (χ1v) is 5.59. The van der Waals surface area contributed by atoms with Crippen LogP contribution in [0.1, 0.15) is 0 Å². The standard InChI is InChI=1S/C14H7N3O/c18-14-12-10-2-1-8-7-15-5-3-9(8)13(10)17-11(12)4-6-16-14/h1-7H. The number of amides is 1. The molecule has 84 valence electrons. The second-order valence-corrected chi connectivity index (χ2v) is 4.18. The van der Waals surface area contributed by atoms with Crippen LogP contribution in [-0.4, -0.2) is 17.1 Å². The lowest BCUT2D eigenvalue weighted by Gasteiger charge is -2.01. The van der Waals surface area contributed by atoms with Gasteiger partial charge in [-0.2, -0.15) is 0 Å². The predicted octanol–water partition coefficient (Wildman–Crippen LogP) is 0.514. The summed E-state index contributed by atoms with van der Waals surface area (Å²) in [7, 11) is 0. The van der Waals surface area contributed by atoms with Crippen molar-refractivity contribution >= 4 is 28.5 Å². The number of aliphatic imine (C=N–C) groups is 1. The van der Waals surface area contributed by atoms with Gasteiger partial charge in [-0.1, -0.05) is 12.1 Å². The normalized spacial score (nSPS) is 16.3. The monoisotopic (exact) mass is 233 g/mol. The van der Waals surface area contributed by atoms with Gasteiger partial charge in [-0.3, -0.25) is 9.78 Å². The lowest BCUT2D eigenvalue weighted by atomic mass is 10.1. The van der Waals surface area contributed by atoms with Gasteiger partial charge in [0.05, 0.1) is 16.6 Å². The van der Waals surface area contributed by atoms with Crippen molar-refractivity contribution in [1.82, 2.24) is 4.98 Å². The van der Waals surface area contributed by atoms with Crippen molar-refractivity contribution in [2.45, 2.75) is 0 Å². The molecule has 0 spiro atoms. The minimum atomic E-state index is -0.219. The highest BCUT2D eigenvalue weighted by atomic mass is 16.1. The molecule has 2 aromatic rings. The fourth-order valence-corrected chi connectivity index (χ4v) is 2.37. The summed E-state index contributed by atoms with van der Waals surface area (Å²) in [6.45, 7) is 0. The summed E-state index contributed by atoms with van der Waals surface area (Å²) in [6.07, 6.45) is 6.80. The summed E-state index contributed by atoms with van der Waals surface area (Å²) < 4.78 is 0. The topological polar surface area (TPSA) is 54.7 Å². The molecule has 0 fully saturated rings. The fraction of sp³-hybridized carbons (Fsp3) is 0. The van der Waals surface area contributed by atoms with Gasteiger partial charge >= 0.3 is 0 Å². The van der Waals surface area contributed by atoms with Crippen molar-refractivity contribution in [3.8, 4) is 0 Å². The minimum absolute atomic E-state index is 0.219. The molecular weight excluding hydrogens is 226 g/mol. The van der Waals surface area contributed by atoms with Crippen LogP contribution >= 0.6 is 0 Å². The van der Waals surface area contributed by atoms with Crippen molar-refractivity contribution in [3.63, 3.8) is 0 Å². The first kappa shape index (κ1) is 9.41. The average Bonchev–Trinajstić information content (AvgIpc) is 2.79. The summed E-state index contributed by atoms with van der Waals surface area (Å²) in [6, 6.07) is 5.79. The SMILES string of the molecule is O=C1N=CC=C2N=c3c(ccc4cnccc34)=C12. The summed E-state index contributed by atoms with van der Waals surface area (Å²) in [5.74, 6) is -0.219. The number of carbonyl (C=O) groups excluding carboxylic acids is 1. The molecular formula is C14H7N3O. The number of hydrogen-bond donors (Lipinski definition) is 0. The second-order valence-electron chi connectivity index (χ2n) is 4.18. The molecule has 0 bridgehead atoms. The summed E-state index contributed by atoms with van der Waals surface area (Å²) in [5, 5.41) is 3.74. The van der Waals surface area contributed by atoms with Crippen molar-refractivity contribution in [3.05, 3.63) is 52.9 Å². The molecule has 0 atom stereocenters. The lowest BCUT2D eigenvalue weighted by molar-refractivity contribution is -0.112. The molecule has 0 radical (unpaired) electrons. The van der Waals surface area contributed by atoms with Gasteiger partial charge in [0, 0.05) is 34.6 Å². The van der Waals surface area contributed by atoms with E-state index >= 15 is 0 Å². The molecule has 0 N–H and O–H groups in total. The van der Waals surface area contributed by atoms with Crippen LogP contribution in [-0.2, 0) is 4.79 Å². The number of aromatic nitrogens is 1. The third kappa shape index (κ3) is 1.09. The maximum atomic E-state index is 11.8. The van der Waals surface area contributed by atoms with E-state index in [9.17, 15) is 4.79 Å². The van der Waals surface area contributed by atoms with Crippen LogP contribution < -0.4 is 10.6 Å². The van der Waals surface area contributed by atoms with E-state index in [4.69, 9.17) is 0 Å². The Morgan fingerprint density at radius 3 is 3.00 bits per heavy atom. The van der Waals surface area contributed by atoms with Crippen LogP contribution in [0.2, 0.25) is 0 Å². The molecule has 0 saturated carbocycles. The molecule has 2 aliphatic rings. The van der Waals surface area contributed by atoms with Crippen molar-refractivity contribution in [2.24, 2.45) is 9.98 Å². The van der Waals surface area contributed by atoms with Gasteiger partial charge in [0.1, 0.15) is 0 Å². The predicted molar refractivity (Wildman–Crippen MR) is 67.5 cm³/mol. The van der Waals surface area contributed by atoms with Crippen molar-refractivity contribution in [1.29, 1.82) is 0 Å². The number of dihydropyridines is 1. The van der Waals surface area contributed by atoms with E-state index < -0.39 is 0 Å². The molecule has 18 heavy (non-hydrogen) atoms. The number of fused-ring (bicyclic) bond motifs is 4. The van der Waals surface area contributed by atoms with Gasteiger partial charge in [-0.05, 0) is 12.1 Å². The van der Waals surface area contributed by atoms with Gasteiger partial charge < -0.3 is 0 Å². The van der Waals surface area contributed by atoms with Crippen molar-refractivity contribution < 1.29 is 4.79 Å². The summed E-state index contributed by atoms with van der Waals surface area (Å²) in [5.41, 5.74) is 1.31. The highest BCUT2D eigenvalue weighted by molar-refractivity contribution is 6.24. The number of hydrogen-bond acceptors (Lipinski definition) is 3. The van der Waals surface area contributed by atoms with Gasteiger partial charge in [0.25, 0.3) is 5.91 Å². The van der Waals surface area contributed by atoms with Crippen LogP contribution in [0.15, 0.2) is 52.4 Å². The Balaban J connectivity index is 2.27. The largest absolute Gasteiger partial charge is 0.279 e. The van der Waals surface area contributed by atoms with Crippen LogP contribution in [0.3, 0.4) is 0 Å². The Morgan fingerprint density at radius 2 is 2.06 bits per heavy atom. The average molecular weight is 233 g/mol. The molecule has 1 aromatic heterocycles. The number of pyridine rings is 1. The molecule has 4 rings (SSSR count). The zero-order valence-electron chi connectivity index (χ0n) is 9.29. The molecule has 0 aliphatic carbocycles. The molecule has 4 heteroatoms. The van der Waals surface area contributed by atoms with E-state index in [1.54, 1.807) is 18.5 Å². The van der Waals surface area contributed by atoms with Crippen LogP contribution in [0.5, 0.6) is 0 Å². The Labute approximate surface area is 102 Å². The van der Waals surface area contributed by atoms with Gasteiger partial charge in [-0.25, -0.2) is 9.98 Å². The zero-order chi connectivity index (χ0) is 12.1. The third-order valence-corrected chi connectivity index (χ3v) is 3.19. The Kier molecular flexibility index (Phi) is 1.67. The van der Waals surface area contributed by atoms with Gasteiger partial charge in [0.2, 0.25) is 0 Å². The molecule has 4 nitrogen and oxygen atoms in total. The highest BCUT2D eigenvalue weighted by Gasteiger charge is 2.22. The highest BCUT2D eigenvalue weighted by Crippen LogP contribution is 2.19. The molecule has 1 aromatic carbocycles. The smallest absolute Gasteiger partial charge is 0.267 e. The van der Waals surface area contributed by atoms with Gasteiger partial charge in [-0.15, -0.1) is 0 Å². The number of benzene rings is 1. The molecule has 0 saturated heterocycles. The Morgan fingerprint density at radius 1 is 1.11 bits per heavy atom. The summed E-state index contributed by atoms with van der Waals surface area (Å²) in [4.78, 5) is 24.3. The van der Waals surface area contributed by atoms with E-state index in [0.717, 1.165) is 21.3 Å². The third-order valence-electron chi connectivity index (χ3n) is 3.19. The zero-order valence-corrected chi connectivity index (χ0v) is 9.29. The maximum absolute atomic E-state index is 11.8. The molecule has 1 amide bonds. The Hall–Kier alpha value is -2.62. The number of carbonyl (C=O) groups is 1. The molecule has 2 aliphatic heterocycles. The van der Waals surface area contributed by atoms with Crippen LogP contribution in [0.25, 0.3) is 16.3 Å². The number of allylic oxidation sites excluding steroid dienone is 1. The molecule has 3 heterocycles. The lowest BCUT2D eigenvalue weighted by Crippen LogP contribution is -2.25. The van der Waals surface area contributed by atoms with Crippen LogP contribution in [0, 0.1) is 0 Å². The van der Waals surface area contributed by atoms with Crippen molar-refractivity contribution in [2.75, 3.05) is 0 Å². The van der Waals surface area contributed by atoms with E-state index in [2.05, 4.69) is 15.0 Å².